The van der Waals surface area contributed by atoms with Gasteiger partial charge in [-0.05, 0) is 69.7 Å². The Labute approximate surface area is 114 Å². The van der Waals surface area contributed by atoms with Crippen LogP contribution in [0.2, 0.25) is 5.02 Å². The molecule has 100 valence electrons. The van der Waals surface area contributed by atoms with E-state index in [2.05, 4.69) is 19.2 Å². The van der Waals surface area contributed by atoms with Gasteiger partial charge >= 0.3 is 0 Å². The summed E-state index contributed by atoms with van der Waals surface area (Å²) in [5, 5.41) is 13.9. The van der Waals surface area contributed by atoms with Crippen LogP contribution >= 0.6 is 11.6 Å². The summed E-state index contributed by atoms with van der Waals surface area (Å²) in [6.45, 7) is 4.48. The standard InChI is InChI=1S/C15H22ClNO/c1-15(2,11-3-9-14(18)10-4-11)17-13-7-5-12(16)6-8-13/h5-8,11,14,17-18H,3-4,9-10H2,1-2H3. The third kappa shape index (κ3) is 3.39. The van der Waals surface area contributed by atoms with Crippen molar-refractivity contribution in [3.8, 4) is 0 Å². The smallest absolute Gasteiger partial charge is 0.0540 e. The molecule has 0 radical (unpaired) electrons. The van der Waals surface area contributed by atoms with E-state index >= 15 is 0 Å². The third-order valence-corrected chi connectivity index (χ3v) is 4.28. The zero-order chi connectivity index (χ0) is 13.2. The highest BCUT2D eigenvalue weighted by Gasteiger charge is 2.32. The van der Waals surface area contributed by atoms with Crippen molar-refractivity contribution in [1.82, 2.24) is 0 Å². The van der Waals surface area contributed by atoms with E-state index in [1.165, 1.54) is 0 Å². The summed E-state index contributed by atoms with van der Waals surface area (Å²) in [6.07, 6.45) is 3.95. The molecule has 0 bridgehead atoms. The zero-order valence-corrected chi connectivity index (χ0v) is 11.9. The maximum atomic E-state index is 9.58. The van der Waals surface area contributed by atoms with E-state index in [0.29, 0.717) is 5.92 Å². The Bertz CT molecular complexity index is 380. The number of halogens is 1. The highest BCUT2D eigenvalue weighted by molar-refractivity contribution is 6.30. The molecule has 1 aliphatic carbocycles. The Kier molecular flexibility index (Phi) is 4.18. The highest BCUT2D eigenvalue weighted by Crippen LogP contribution is 2.34. The van der Waals surface area contributed by atoms with Crippen LogP contribution in [0.25, 0.3) is 0 Å². The maximum Gasteiger partial charge on any atom is 0.0540 e. The van der Waals surface area contributed by atoms with Crippen LogP contribution in [0.15, 0.2) is 24.3 Å². The Hall–Kier alpha value is -0.730. The van der Waals surface area contributed by atoms with Gasteiger partial charge in [-0.1, -0.05) is 11.6 Å². The van der Waals surface area contributed by atoms with Crippen LogP contribution in [0.3, 0.4) is 0 Å². The average molecular weight is 268 g/mol. The predicted octanol–water partition coefficient (Wildman–Crippen LogP) is 4.08. The normalized spacial score (nSPS) is 24.9. The second-order valence-corrected chi connectivity index (χ2v) is 6.30. The Morgan fingerprint density at radius 2 is 1.67 bits per heavy atom. The van der Waals surface area contributed by atoms with Crippen LogP contribution < -0.4 is 5.32 Å². The molecule has 3 heteroatoms. The molecule has 2 N–H and O–H groups in total. The Morgan fingerprint density at radius 3 is 2.22 bits per heavy atom. The van der Waals surface area contributed by atoms with Crippen LogP contribution in [-0.4, -0.2) is 16.7 Å². The quantitative estimate of drug-likeness (QED) is 0.865. The zero-order valence-electron chi connectivity index (χ0n) is 11.1. The second kappa shape index (κ2) is 5.50. The highest BCUT2D eigenvalue weighted by atomic mass is 35.5. The van der Waals surface area contributed by atoms with Crippen molar-refractivity contribution in [2.75, 3.05) is 5.32 Å². The van der Waals surface area contributed by atoms with E-state index in [0.717, 1.165) is 36.4 Å². The minimum atomic E-state index is -0.0902. The predicted molar refractivity (Wildman–Crippen MR) is 77.1 cm³/mol. The minimum absolute atomic E-state index is 0.0496. The number of aliphatic hydroxyl groups is 1. The molecule has 2 rings (SSSR count). The van der Waals surface area contributed by atoms with E-state index in [4.69, 9.17) is 11.6 Å². The van der Waals surface area contributed by atoms with Gasteiger partial charge in [0.2, 0.25) is 0 Å². The fourth-order valence-electron chi connectivity index (χ4n) is 2.80. The van der Waals surface area contributed by atoms with Gasteiger partial charge in [-0.3, -0.25) is 0 Å². The Balaban J connectivity index is 2.00. The van der Waals surface area contributed by atoms with Crippen molar-refractivity contribution in [2.24, 2.45) is 5.92 Å². The minimum Gasteiger partial charge on any atom is -0.393 e. The second-order valence-electron chi connectivity index (χ2n) is 5.86. The summed E-state index contributed by atoms with van der Waals surface area (Å²) in [6, 6.07) is 7.85. The number of hydrogen-bond donors (Lipinski definition) is 2. The molecule has 2 nitrogen and oxygen atoms in total. The van der Waals surface area contributed by atoms with Crippen molar-refractivity contribution in [3.05, 3.63) is 29.3 Å². The van der Waals surface area contributed by atoms with Gasteiger partial charge < -0.3 is 10.4 Å². The number of benzene rings is 1. The number of hydrogen-bond acceptors (Lipinski definition) is 2. The van der Waals surface area contributed by atoms with Crippen molar-refractivity contribution in [3.63, 3.8) is 0 Å². The van der Waals surface area contributed by atoms with Crippen molar-refractivity contribution in [2.45, 2.75) is 51.2 Å². The van der Waals surface area contributed by atoms with Crippen LogP contribution in [0, 0.1) is 5.92 Å². The van der Waals surface area contributed by atoms with Crippen LogP contribution in [0.4, 0.5) is 5.69 Å². The van der Waals surface area contributed by atoms with Crippen molar-refractivity contribution < 1.29 is 5.11 Å². The molecular weight excluding hydrogens is 246 g/mol. The molecule has 18 heavy (non-hydrogen) atoms. The lowest BCUT2D eigenvalue weighted by molar-refractivity contribution is 0.0933. The molecule has 1 aliphatic rings. The summed E-state index contributed by atoms with van der Waals surface area (Å²) < 4.78 is 0. The van der Waals surface area contributed by atoms with Crippen molar-refractivity contribution >= 4 is 17.3 Å². The molecule has 0 heterocycles. The lowest BCUT2D eigenvalue weighted by atomic mass is 9.76. The summed E-state index contributed by atoms with van der Waals surface area (Å²) >= 11 is 5.89. The van der Waals surface area contributed by atoms with Crippen LogP contribution in [0.5, 0.6) is 0 Å². The van der Waals surface area contributed by atoms with Gasteiger partial charge in [-0.15, -0.1) is 0 Å². The number of nitrogens with one attached hydrogen (secondary N) is 1. The molecular formula is C15H22ClNO. The van der Waals surface area contributed by atoms with Crippen LogP contribution in [-0.2, 0) is 0 Å². The van der Waals surface area contributed by atoms with Gasteiger partial charge in [-0.2, -0.15) is 0 Å². The molecule has 0 aliphatic heterocycles. The molecule has 1 saturated carbocycles. The molecule has 0 aromatic heterocycles. The van der Waals surface area contributed by atoms with E-state index in [1.807, 2.05) is 24.3 Å². The van der Waals surface area contributed by atoms with Gasteiger partial charge in [0.1, 0.15) is 0 Å². The van der Waals surface area contributed by atoms with Gasteiger partial charge in [0.15, 0.2) is 0 Å². The number of rotatable bonds is 3. The molecule has 1 aromatic carbocycles. The van der Waals surface area contributed by atoms with Crippen molar-refractivity contribution in [1.29, 1.82) is 0 Å². The number of aliphatic hydroxyl groups excluding tert-OH is 1. The molecule has 0 atom stereocenters. The largest absolute Gasteiger partial charge is 0.393 e. The topological polar surface area (TPSA) is 32.3 Å². The molecule has 0 unspecified atom stereocenters. The van der Waals surface area contributed by atoms with Gasteiger partial charge in [0.25, 0.3) is 0 Å². The fourth-order valence-corrected chi connectivity index (χ4v) is 2.93. The monoisotopic (exact) mass is 267 g/mol. The lowest BCUT2D eigenvalue weighted by Gasteiger charge is -2.39. The molecule has 0 saturated heterocycles. The van der Waals surface area contributed by atoms with Crippen LogP contribution in [0.1, 0.15) is 39.5 Å². The van der Waals surface area contributed by atoms with Gasteiger partial charge in [0.05, 0.1) is 6.10 Å². The summed E-state index contributed by atoms with van der Waals surface area (Å²) in [5.74, 6) is 0.608. The molecule has 1 aromatic rings. The van der Waals surface area contributed by atoms with E-state index in [-0.39, 0.29) is 11.6 Å². The SMILES string of the molecule is CC(C)(Nc1ccc(Cl)cc1)C1CCC(O)CC1. The summed E-state index contributed by atoms with van der Waals surface area (Å²) in [7, 11) is 0. The molecule has 0 spiro atoms. The number of anilines is 1. The molecule has 1 fully saturated rings. The first kappa shape index (κ1) is 13.7. The van der Waals surface area contributed by atoms with Gasteiger partial charge in [0, 0.05) is 16.2 Å². The lowest BCUT2D eigenvalue weighted by Crippen LogP contribution is -2.42. The summed E-state index contributed by atoms with van der Waals surface area (Å²) in [4.78, 5) is 0. The first-order valence-electron chi connectivity index (χ1n) is 6.69. The Morgan fingerprint density at radius 1 is 1.11 bits per heavy atom. The maximum absolute atomic E-state index is 9.58. The third-order valence-electron chi connectivity index (χ3n) is 4.03. The molecule has 0 amide bonds. The van der Waals surface area contributed by atoms with E-state index in [9.17, 15) is 5.11 Å². The van der Waals surface area contributed by atoms with E-state index < -0.39 is 0 Å². The fraction of sp³-hybridized carbons (Fsp3) is 0.600. The van der Waals surface area contributed by atoms with E-state index in [1.54, 1.807) is 0 Å². The summed E-state index contributed by atoms with van der Waals surface area (Å²) in [5.41, 5.74) is 1.16. The van der Waals surface area contributed by atoms with Gasteiger partial charge in [-0.25, -0.2) is 0 Å². The first-order chi connectivity index (χ1) is 8.47. The average Bonchev–Trinajstić information content (AvgIpc) is 2.32. The first-order valence-corrected chi connectivity index (χ1v) is 7.07.